The maximum Gasteiger partial charge on any atom is 0.273 e. The second-order valence-corrected chi connectivity index (χ2v) is 6.03. The molecule has 8 heteroatoms. The van der Waals surface area contributed by atoms with Crippen LogP contribution in [0.25, 0.3) is 0 Å². The van der Waals surface area contributed by atoms with E-state index in [1.165, 1.54) is 0 Å². The summed E-state index contributed by atoms with van der Waals surface area (Å²) < 4.78 is 1.81. The molecule has 22 heavy (non-hydrogen) atoms. The minimum Gasteiger partial charge on any atom is -0.393 e. The number of rotatable bonds is 4. The van der Waals surface area contributed by atoms with Crippen LogP contribution in [0.3, 0.4) is 0 Å². The molecule has 1 aromatic rings. The first-order valence-corrected chi connectivity index (χ1v) is 7.83. The summed E-state index contributed by atoms with van der Waals surface area (Å²) in [4.78, 5) is 12.1. The van der Waals surface area contributed by atoms with E-state index in [0.29, 0.717) is 18.3 Å². The summed E-state index contributed by atoms with van der Waals surface area (Å²) in [5, 5.41) is 24.0. The van der Waals surface area contributed by atoms with E-state index in [4.69, 9.17) is 0 Å². The van der Waals surface area contributed by atoms with Gasteiger partial charge in [-0.3, -0.25) is 4.79 Å². The number of aliphatic hydroxyl groups excluding tert-OH is 1. The molecule has 2 unspecified atom stereocenters. The van der Waals surface area contributed by atoms with Gasteiger partial charge in [-0.15, -0.1) is 17.5 Å². The van der Waals surface area contributed by atoms with E-state index in [0.717, 1.165) is 45.2 Å². The van der Waals surface area contributed by atoms with Gasteiger partial charge in [0.25, 0.3) is 5.91 Å². The van der Waals surface area contributed by atoms with E-state index >= 15 is 0 Å². The molecule has 1 aromatic heterocycles. The number of hydrogen-bond acceptors (Lipinski definition) is 5. The molecule has 2 heterocycles. The number of piperidine rings is 1. The summed E-state index contributed by atoms with van der Waals surface area (Å²) in [7, 11) is 0. The van der Waals surface area contributed by atoms with Crippen LogP contribution in [0.2, 0.25) is 0 Å². The summed E-state index contributed by atoms with van der Waals surface area (Å²) in [6, 6.07) is 0.331. The van der Waals surface area contributed by atoms with Gasteiger partial charge in [-0.05, 0) is 38.8 Å². The minimum absolute atomic E-state index is 0. The Morgan fingerprint density at radius 3 is 2.82 bits per heavy atom. The molecule has 0 radical (unpaired) electrons. The van der Waals surface area contributed by atoms with Gasteiger partial charge in [0.05, 0.1) is 18.3 Å². The molecule has 2 aliphatic rings. The van der Waals surface area contributed by atoms with Crippen LogP contribution in [0.15, 0.2) is 6.20 Å². The molecule has 3 N–H and O–H groups in total. The highest BCUT2D eigenvalue weighted by atomic mass is 35.5. The number of carbonyl (C=O) groups is 1. The van der Waals surface area contributed by atoms with E-state index in [-0.39, 0.29) is 30.3 Å². The molecule has 1 amide bonds. The second-order valence-electron chi connectivity index (χ2n) is 6.03. The van der Waals surface area contributed by atoms with Crippen LogP contribution in [0.4, 0.5) is 0 Å². The van der Waals surface area contributed by atoms with Gasteiger partial charge in [-0.25, -0.2) is 4.68 Å². The summed E-state index contributed by atoms with van der Waals surface area (Å²) in [5.74, 6) is -0.0253. The van der Waals surface area contributed by atoms with Crippen molar-refractivity contribution in [2.75, 3.05) is 19.6 Å². The molecule has 2 atom stereocenters. The van der Waals surface area contributed by atoms with Crippen molar-refractivity contribution in [3.05, 3.63) is 11.9 Å². The molecule has 1 aliphatic carbocycles. The molecule has 2 fully saturated rings. The van der Waals surface area contributed by atoms with Crippen LogP contribution in [-0.2, 0) is 0 Å². The lowest BCUT2D eigenvalue weighted by Crippen LogP contribution is -2.32. The van der Waals surface area contributed by atoms with Crippen molar-refractivity contribution in [1.82, 2.24) is 25.6 Å². The number of aliphatic hydroxyl groups is 1. The Balaban J connectivity index is 0.00000176. The fourth-order valence-electron chi connectivity index (χ4n) is 3.20. The molecule has 7 nitrogen and oxygen atoms in total. The van der Waals surface area contributed by atoms with Gasteiger partial charge in [0.2, 0.25) is 0 Å². The number of halogens is 1. The van der Waals surface area contributed by atoms with Crippen LogP contribution in [0, 0.1) is 5.92 Å². The maximum absolute atomic E-state index is 12.1. The lowest BCUT2D eigenvalue weighted by Gasteiger charge is -2.22. The van der Waals surface area contributed by atoms with E-state index < -0.39 is 0 Å². The lowest BCUT2D eigenvalue weighted by atomic mass is 10.1. The zero-order valence-corrected chi connectivity index (χ0v) is 13.4. The third-order valence-corrected chi connectivity index (χ3v) is 4.57. The topological polar surface area (TPSA) is 92.1 Å². The molecule has 0 aromatic carbocycles. The van der Waals surface area contributed by atoms with Gasteiger partial charge in [-0.2, -0.15) is 0 Å². The SMILES string of the molecule is Cl.O=C(NCC1CCCC1O)c1cn(C2CCNCC2)nn1. The van der Waals surface area contributed by atoms with Crippen molar-refractivity contribution in [2.24, 2.45) is 5.92 Å². The third-order valence-electron chi connectivity index (χ3n) is 4.57. The Morgan fingerprint density at radius 1 is 1.36 bits per heavy atom. The Bertz CT molecular complexity index is 489. The molecular weight excluding hydrogens is 306 g/mol. The number of carbonyl (C=O) groups excluding carboxylic acids is 1. The normalized spacial score (nSPS) is 25.7. The second kappa shape index (κ2) is 7.89. The Hall–Kier alpha value is -1.18. The monoisotopic (exact) mass is 329 g/mol. The molecule has 1 saturated heterocycles. The van der Waals surface area contributed by atoms with Gasteiger partial charge in [0, 0.05) is 12.5 Å². The van der Waals surface area contributed by atoms with Gasteiger partial charge in [0.15, 0.2) is 5.69 Å². The van der Waals surface area contributed by atoms with Gasteiger partial charge >= 0.3 is 0 Å². The van der Waals surface area contributed by atoms with Gasteiger partial charge < -0.3 is 15.7 Å². The van der Waals surface area contributed by atoms with E-state index in [9.17, 15) is 9.90 Å². The summed E-state index contributed by atoms with van der Waals surface area (Å²) in [6.07, 6.45) is 6.33. The summed E-state index contributed by atoms with van der Waals surface area (Å²) >= 11 is 0. The predicted octanol–water partition coefficient (Wildman–Crippen LogP) is 0.515. The molecule has 1 aliphatic heterocycles. The molecule has 0 bridgehead atoms. The Kier molecular flexibility index (Phi) is 6.16. The first-order chi connectivity index (χ1) is 10.2. The average molecular weight is 330 g/mol. The van der Waals surface area contributed by atoms with E-state index in [1.807, 2.05) is 0 Å². The van der Waals surface area contributed by atoms with Crippen molar-refractivity contribution >= 4 is 18.3 Å². The van der Waals surface area contributed by atoms with Gasteiger partial charge in [0.1, 0.15) is 0 Å². The molecular formula is C14H24ClN5O2. The zero-order valence-electron chi connectivity index (χ0n) is 12.6. The minimum atomic E-state index is -0.282. The van der Waals surface area contributed by atoms with Crippen molar-refractivity contribution in [3.8, 4) is 0 Å². The van der Waals surface area contributed by atoms with E-state index in [2.05, 4.69) is 20.9 Å². The first-order valence-electron chi connectivity index (χ1n) is 7.83. The number of aromatic nitrogens is 3. The molecule has 0 spiro atoms. The Morgan fingerprint density at radius 2 is 2.14 bits per heavy atom. The Labute approximate surface area is 136 Å². The average Bonchev–Trinajstić information content (AvgIpc) is 3.15. The molecule has 3 rings (SSSR count). The fourth-order valence-corrected chi connectivity index (χ4v) is 3.20. The quantitative estimate of drug-likeness (QED) is 0.749. The van der Waals surface area contributed by atoms with Crippen LogP contribution >= 0.6 is 12.4 Å². The maximum atomic E-state index is 12.1. The largest absolute Gasteiger partial charge is 0.393 e. The fraction of sp³-hybridized carbons (Fsp3) is 0.786. The predicted molar refractivity (Wildman–Crippen MR) is 84.1 cm³/mol. The zero-order chi connectivity index (χ0) is 14.7. The van der Waals surface area contributed by atoms with Crippen molar-refractivity contribution < 1.29 is 9.90 Å². The number of amides is 1. The standard InChI is InChI=1S/C14H23N5O2.ClH/c20-13-3-1-2-10(13)8-16-14(21)12-9-19(18-17-12)11-4-6-15-7-5-11;/h9-11,13,15,20H,1-8H2,(H,16,21);1H. The number of nitrogens with zero attached hydrogens (tertiary/aromatic N) is 3. The van der Waals surface area contributed by atoms with Crippen LogP contribution in [0.5, 0.6) is 0 Å². The van der Waals surface area contributed by atoms with Crippen LogP contribution in [0.1, 0.15) is 48.6 Å². The summed E-state index contributed by atoms with van der Waals surface area (Å²) in [6.45, 7) is 2.47. The smallest absolute Gasteiger partial charge is 0.273 e. The molecule has 124 valence electrons. The van der Waals surface area contributed by atoms with E-state index in [1.54, 1.807) is 10.9 Å². The van der Waals surface area contributed by atoms with Gasteiger partial charge in [-0.1, -0.05) is 11.6 Å². The highest BCUT2D eigenvalue weighted by Gasteiger charge is 2.26. The van der Waals surface area contributed by atoms with Crippen molar-refractivity contribution in [1.29, 1.82) is 0 Å². The van der Waals surface area contributed by atoms with Crippen LogP contribution < -0.4 is 10.6 Å². The third kappa shape index (κ3) is 3.97. The van der Waals surface area contributed by atoms with Crippen molar-refractivity contribution in [2.45, 2.75) is 44.2 Å². The summed E-state index contributed by atoms with van der Waals surface area (Å²) in [5.41, 5.74) is 0.362. The number of nitrogens with one attached hydrogen (secondary N) is 2. The number of hydrogen-bond donors (Lipinski definition) is 3. The molecule has 1 saturated carbocycles. The highest BCUT2D eigenvalue weighted by Crippen LogP contribution is 2.24. The highest BCUT2D eigenvalue weighted by molar-refractivity contribution is 5.91. The van der Waals surface area contributed by atoms with Crippen LogP contribution in [-0.4, -0.2) is 51.7 Å². The van der Waals surface area contributed by atoms with Crippen molar-refractivity contribution in [3.63, 3.8) is 0 Å². The first kappa shape index (κ1) is 17.2. The lowest BCUT2D eigenvalue weighted by molar-refractivity contribution is 0.0912.